The zero-order valence-electron chi connectivity index (χ0n) is 18.3. The predicted molar refractivity (Wildman–Crippen MR) is 134 cm³/mol. The summed E-state index contributed by atoms with van der Waals surface area (Å²) >= 11 is 9.20. The van der Waals surface area contributed by atoms with E-state index >= 15 is 0 Å². The summed E-state index contributed by atoms with van der Waals surface area (Å²) in [6, 6.07) is 7.07. The number of anilines is 1. The first-order valence-electron chi connectivity index (χ1n) is 10.6. The van der Waals surface area contributed by atoms with Crippen LogP contribution in [0.2, 0.25) is 5.02 Å². The van der Waals surface area contributed by atoms with Gasteiger partial charge >= 0.3 is 0 Å². The highest BCUT2D eigenvalue weighted by atomic mass is 35.5. The van der Waals surface area contributed by atoms with Gasteiger partial charge in [-0.25, -0.2) is 4.99 Å². The molecule has 0 spiro atoms. The molecule has 0 unspecified atom stereocenters. The Kier molecular flexibility index (Phi) is 7.75. The Labute approximate surface area is 206 Å². The van der Waals surface area contributed by atoms with Gasteiger partial charge in [0.2, 0.25) is 5.91 Å². The van der Waals surface area contributed by atoms with Crippen molar-refractivity contribution in [2.75, 3.05) is 38.3 Å². The normalized spacial score (nSPS) is 18.6. The lowest BCUT2D eigenvalue weighted by atomic mass is 10.2. The van der Waals surface area contributed by atoms with Gasteiger partial charge in [0.1, 0.15) is 11.4 Å². The Balaban J connectivity index is 1.66. The van der Waals surface area contributed by atoms with Gasteiger partial charge in [0, 0.05) is 13.1 Å². The molecule has 2 aliphatic heterocycles. The van der Waals surface area contributed by atoms with Gasteiger partial charge in [0.05, 0.1) is 36.3 Å². The number of carbonyl (C=O) groups is 2. The first-order valence-corrected chi connectivity index (χ1v) is 12.8. The molecular weight excluding hydrogens is 482 g/mol. The minimum Gasteiger partial charge on any atom is -0.495 e. The highest BCUT2D eigenvalue weighted by Gasteiger charge is 2.36. The summed E-state index contributed by atoms with van der Waals surface area (Å²) in [5.41, 5.74) is 1.79. The standard InChI is InChI=1S/C23H24ClN3O4S2/c1-3-20(22(29)26-7-9-31-10-8-26)33-23-25-18(12-15-6-11-32-14-15)21(28)27(23)16-4-5-19(30-2)17(24)13-16/h4-6,11-14,20H,3,7-10H2,1-2H3/b18-12-/t20-/m0/s1. The van der Waals surface area contributed by atoms with Crippen LogP contribution in [0, 0.1) is 0 Å². The van der Waals surface area contributed by atoms with E-state index in [0.717, 1.165) is 5.56 Å². The molecule has 1 aromatic heterocycles. The van der Waals surface area contributed by atoms with E-state index in [1.807, 2.05) is 28.7 Å². The first-order chi connectivity index (χ1) is 16.0. The number of thioether (sulfide) groups is 1. The van der Waals surface area contributed by atoms with Crippen molar-refractivity contribution in [1.29, 1.82) is 0 Å². The summed E-state index contributed by atoms with van der Waals surface area (Å²) in [4.78, 5) is 34.5. The largest absolute Gasteiger partial charge is 0.495 e. The van der Waals surface area contributed by atoms with Gasteiger partial charge in [-0.1, -0.05) is 30.3 Å². The highest BCUT2D eigenvalue weighted by molar-refractivity contribution is 8.15. The van der Waals surface area contributed by atoms with Crippen molar-refractivity contribution in [2.45, 2.75) is 18.6 Å². The number of rotatable bonds is 6. The van der Waals surface area contributed by atoms with Crippen molar-refractivity contribution in [3.63, 3.8) is 0 Å². The van der Waals surface area contributed by atoms with E-state index in [0.29, 0.717) is 60.0 Å². The molecule has 2 aliphatic rings. The lowest BCUT2D eigenvalue weighted by Crippen LogP contribution is -2.45. The third kappa shape index (κ3) is 5.27. The quantitative estimate of drug-likeness (QED) is 0.539. The monoisotopic (exact) mass is 505 g/mol. The van der Waals surface area contributed by atoms with Crippen molar-refractivity contribution in [3.05, 3.63) is 51.3 Å². The topological polar surface area (TPSA) is 71.4 Å². The number of carbonyl (C=O) groups excluding carboxylic acids is 2. The maximum absolute atomic E-state index is 13.4. The van der Waals surface area contributed by atoms with Gasteiger partial charge in [0.25, 0.3) is 5.91 Å². The SMILES string of the molecule is CC[C@H](SC1=N/C(=C\c2ccsc2)C(=O)N1c1ccc(OC)c(Cl)c1)C(=O)N1CCOCC1. The first kappa shape index (κ1) is 23.8. The zero-order chi connectivity index (χ0) is 23.4. The summed E-state index contributed by atoms with van der Waals surface area (Å²) < 4.78 is 10.6. The van der Waals surface area contributed by atoms with Gasteiger partial charge < -0.3 is 14.4 Å². The second-order valence-electron chi connectivity index (χ2n) is 7.39. The van der Waals surface area contributed by atoms with Crippen LogP contribution in [0.15, 0.2) is 45.7 Å². The number of benzene rings is 1. The van der Waals surface area contributed by atoms with Crippen molar-refractivity contribution in [1.82, 2.24) is 4.90 Å². The molecule has 0 bridgehead atoms. The number of ether oxygens (including phenoxy) is 2. The molecule has 1 saturated heterocycles. The third-order valence-electron chi connectivity index (χ3n) is 5.29. The lowest BCUT2D eigenvalue weighted by Gasteiger charge is -2.30. The summed E-state index contributed by atoms with van der Waals surface area (Å²) in [5.74, 6) is 0.281. The van der Waals surface area contributed by atoms with E-state index in [-0.39, 0.29) is 17.1 Å². The van der Waals surface area contributed by atoms with Gasteiger partial charge in [-0.05, 0) is 53.1 Å². The average Bonchev–Trinajstić information content (AvgIpc) is 3.45. The molecule has 2 amide bonds. The highest BCUT2D eigenvalue weighted by Crippen LogP contribution is 2.36. The Hall–Kier alpha value is -2.33. The number of nitrogens with zero attached hydrogens (tertiary/aromatic N) is 3. The van der Waals surface area contributed by atoms with Crippen molar-refractivity contribution in [2.24, 2.45) is 4.99 Å². The fraction of sp³-hybridized carbons (Fsp3) is 0.348. The van der Waals surface area contributed by atoms with Crippen LogP contribution in [0.1, 0.15) is 18.9 Å². The van der Waals surface area contributed by atoms with Crippen molar-refractivity contribution in [3.8, 4) is 5.75 Å². The number of morpholine rings is 1. The van der Waals surface area contributed by atoms with Crippen molar-refractivity contribution < 1.29 is 19.1 Å². The molecule has 7 nitrogen and oxygen atoms in total. The molecule has 1 aromatic carbocycles. The number of thiophene rings is 1. The smallest absolute Gasteiger partial charge is 0.283 e. The van der Waals surface area contributed by atoms with Crippen LogP contribution >= 0.6 is 34.7 Å². The zero-order valence-corrected chi connectivity index (χ0v) is 20.7. The minimum atomic E-state index is -0.369. The van der Waals surface area contributed by atoms with Gasteiger partial charge in [-0.15, -0.1) is 0 Å². The molecule has 0 aliphatic carbocycles. The number of aliphatic imine (C=N–C) groups is 1. The molecule has 0 N–H and O–H groups in total. The van der Waals surface area contributed by atoms with Gasteiger partial charge in [0.15, 0.2) is 5.17 Å². The Morgan fingerprint density at radius 2 is 2.15 bits per heavy atom. The van der Waals surface area contributed by atoms with E-state index in [1.165, 1.54) is 23.8 Å². The van der Waals surface area contributed by atoms with Gasteiger partial charge in [-0.2, -0.15) is 11.3 Å². The number of halogens is 1. The number of methoxy groups -OCH3 is 1. The van der Waals surface area contributed by atoms with E-state index in [2.05, 4.69) is 4.99 Å². The molecule has 3 heterocycles. The van der Waals surface area contributed by atoms with Crippen LogP contribution in [0.4, 0.5) is 5.69 Å². The van der Waals surface area contributed by atoms with E-state index < -0.39 is 0 Å². The Morgan fingerprint density at radius 3 is 2.79 bits per heavy atom. The summed E-state index contributed by atoms with van der Waals surface area (Å²) in [6.45, 7) is 4.18. The maximum atomic E-state index is 13.4. The second-order valence-corrected chi connectivity index (χ2v) is 9.75. The van der Waals surface area contributed by atoms with Crippen LogP contribution in [0.25, 0.3) is 6.08 Å². The van der Waals surface area contributed by atoms with Crippen LogP contribution in [0.5, 0.6) is 5.75 Å². The lowest BCUT2D eigenvalue weighted by molar-refractivity contribution is -0.134. The fourth-order valence-corrected chi connectivity index (χ4v) is 5.52. The fourth-order valence-electron chi connectivity index (χ4n) is 3.54. The molecule has 0 radical (unpaired) electrons. The van der Waals surface area contributed by atoms with E-state index in [1.54, 1.807) is 35.6 Å². The molecule has 4 rings (SSSR count). The molecule has 1 fully saturated rings. The molecule has 10 heteroatoms. The van der Waals surface area contributed by atoms with Crippen LogP contribution in [-0.4, -0.2) is 60.5 Å². The average molecular weight is 506 g/mol. The number of amidine groups is 1. The summed E-state index contributed by atoms with van der Waals surface area (Å²) in [5, 5.41) is 4.37. The van der Waals surface area contributed by atoms with E-state index in [4.69, 9.17) is 21.1 Å². The second kappa shape index (κ2) is 10.7. The Morgan fingerprint density at radius 1 is 1.36 bits per heavy atom. The maximum Gasteiger partial charge on any atom is 0.283 e. The number of amides is 2. The Bertz CT molecular complexity index is 1080. The van der Waals surface area contributed by atoms with Crippen LogP contribution in [0.3, 0.4) is 0 Å². The van der Waals surface area contributed by atoms with Crippen LogP contribution in [-0.2, 0) is 14.3 Å². The minimum absolute atomic E-state index is 0.0314. The summed E-state index contributed by atoms with van der Waals surface area (Å²) in [6.07, 6.45) is 2.37. The molecule has 33 heavy (non-hydrogen) atoms. The van der Waals surface area contributed by atoms with E-state index in [9.17, 15) is 9.59 Å². The predicted octanol–water partition coefficient (Wildman–Crippen LogP) is 4.52. The molecule has 174 valence electrons. The summed E-state index contributed by atoms with van der Waals surface area (Å²) in [7, 11) is 1.54. The number of hydrogen-bond acceptors (Lipinski definition) is 7. The third-order valence-corrected chi connectivity index (χ3v) is 7.59. The molecule has 1 atom stereocenters. The molecule has 2 aromatic rings. The van der Waals surface area contributed by atoms with Crippen molar-refractivity contribution >= 4 is 63.4 Å². The van der Waals surface area contributed by atoms with Crippen LogP contribution < -0.4 is 9.64 Å². The number of hydrogen-bond donors (Lipinski definition) is 0. The molecule has 0 saturated carbocycles. The molecular formula is C23H24ClN3O4S2. The van der Waals surface area contributed by atoms with Gasteiger partial charge in [-0.3, -0.25) is 14.5 Å².